The maximum atomic E-state index is 12.0. The highest BCUT2D eigenvalue weighted by atomic mass is 32.2. The number of rotatable bonds is 7. The van der Waals surface area contributed by atoms with Crippen molar-refractivity contribution < 1.29 is 9.21 Å². The molecule has 28 heavy (non-hydrogen) atoms. The summed E-state index contributed by atoms with van der Waals surface area (Å²) in [5.74, 6) is 2.18. The molecule has 2 N–H and O–H groups in total. The number of carbonyl (C=O) groups is 1. The number of anilines is 1. The number of thiazole rings is 1. The summed E-state index contributed by atoms with van der Waals surface area (Å²) in [7, 11) is 1.92. The topological polar surface area (TPSA) is 97.9 Å². The van der Waals surface area contributed by atoms with Gasteiger partial charge >= 0.3 is 6.03 Å². The highest BCUT2D eigenvalue weighted by Crippen LogP contribution is 2.31. The first kappa shape index (κ1) is 20.4. The van der Waals surface area contributed by atoms with Crippen LogP contribution < -0.4 is 10.6 Å². The SMILES string of the molecule is Cn1cnc(CCNC(=O)Nc2ncc(SCc3ncc(C(C)(C)C)o3)s2)c1. The van der Waals surface area contributed by atoms with Gasteiger partial charge in [0, 0.05) is 31.6 Å². The molecule has 8 nitrogen and oxygen atoms in total. The van der Waals surface area contributed by atoms with Gasteiger partial charge in [-0.15, -0.1) is 11.8 Å². The Kier molecular flexibility index (Phi) is 6.40. The van der Waals surface area contributed by atoms with Gasteiger partial charge in [-0.25, -0.2) is 19.7 Å². The number of aromatic nitrogens is 4. The summed E-state index contributed by atoms with van der Waals surface area (Å²) in [6.45, 7) is 6.78. The van der Waals surface area contributed by atoms with Gasteiger partial charge in [0.25, 0.3) is 0 Å². The summed E-state index contributed by atoms with van der Waals surface area (Å²) in [5, 5.41) is 6.12. The zero-order chi connectivity index (χ0) is 20.1. The smallest absolute Gasteiger partial charge is 0.321 e. The van der Waals surface area contributed by atoms with Gasteiger partial charge in [0.05, 0.1) is 34.4 Å². The lowest BCUT2D eigenvalue weighted by atomic mass is 9.94. The number of thioether (sulfide) groups is 1. The molecule has 0 aromatic carbocycles. The molecular weight excluding hydrogens is 396 g/mol. The Morgan fingerprint density at radius 2 is 2.11 bits per heavy atom. The Hall–Kier alpha value is -2.33. The molecule has 0 aliphatic rings. The van der Waals surface area contributed by atoms with Crippen LogP contribution in [0.25, 0.3) is 0 Å². The first-order chi connectivity index (χ1) is 13.3. The minimum absolute atomic E-state index is 0.0541. The molecule has 2 amide bonds. The van der Waals surface area contributed by atoms with Gasteiger partial charge < -0.3 is 14.3 Å². The van der Waals surface area contributed by atoms with E-state index in [1.807, 2.05) is 17.8 Å². The van der Waals surface area contributed by atoms with Gasteiger partial charge in [-0.1, -0.05) is 32.1 Å². The van der Waals surface area contributed by atoms with Crippen LogP contribution >= 0.6 is 23.1 Å². The van der Waals surface area contributed by atoms with E-state index in [0.29, 0.717) is 29.7 Å². The van der Waals surface area contributed by atoms with Crippen LogP contribution in [-0.2, 0) is 24.6 Å². The van der Waals surface area contributed by atoms with E-state index in [2.05, 4.69) is 46.4 Å². The largest absolute Gasteiger partial charge is 0.444 e. The quantitative estimate of drug-likeness (QED) is 0.564. The number of amides is 2. The number of urea groups is 1. The van der Waals surface area contributed by atoms with E-state index in [9.17, 15) is 4.79 Å². The van der Waals surface area contributed by atoms with Crippen molar-refractivity contribution in [2.45, 2.75) is 42.6 Å². The van der Waals surface area contributed by atoms with E-state index in [1.54, 1.807) is 30.5 Å². The fourth-order valence-corrected chi connectivity index (χ4v) is 4.00. The van der Waals surface area contributed by atoms with Crippen LogP contribution in [0.4, 0.5) is 9.93 Å². The van der Waals surface area contributed by atoms with Crippen molar-refractivity contribution in [3.8, 4) is 0 Å². The summed E-state index contributed by atoms with van der Waals surface area (Å²) in [5.41, 5.74) is 0.887. The van der Waals surface area contributed by atoms with Crippen LogP contribution in [0.1, 0.15) is 38.1 Å². The molecule has 150 valence electrons. The van der Waals surface area contributed by atoms with Crippen molar-refractivity contribution in [2.75, 3.05) is 11.9 Å². The maximum Gasteiger partial charge on any atom is 0.321 e. The lowest BCUT2D eigenvalue weighted by Gasteiger charge is -2.12. The van der Waals surface area contributed by atoms with Crippen LogP contribution in [0.2, 0.25) is 0 Å². The number of imidazole rings is 1. The zero-order valence-corrected chi connectivity index (χ0v) is 18.0. The van der Waals surface area contributed by atoms with E-state index >= 15 is 0 Å². The number of nitrogens with zero attached hydrogens (tertiary/aromatic N) is 4. The van der Waals surface area contributed by atoms with Gasteiger partial charge in [-0.05, 0) is 0 Å². The molecule has 3 aromatic rings. The number of hydrogen-bond donors (Lipinski definition) is 2. The minimum atomic E-state index is -0.274. The summed E-state index contributed by atoms with van der Waals surface area (Å²) in [4.78, 5) is 24.8. The number of oxazole rings is 1. The van der Waals surface area contributed by atoms with Crippen molar-refractivity contribution in [1.29, 1.82) is 0 Å². The second-order valence-corrected chi connectivity index (χ2v) is 9.61. The summed E-state index contributed by atoms with van der Waals surface area (Å²) >= 11 is 3.00. The molecule has 0 fully saturated rings. The molecule has 3 aromatic heterocycles. The number of hydrogen-bond acceptors (Lipinski definition) is 7. The number of carbonyl (C=O) groups excluding carboxylic acids is 1. The molecule has 0 unspecified atom stereocenters. The highest BCUT2D eigenvalue weighted by Gasteiger charge is 2.19. The van der Waals surface area contributed by atoms with Crippen LogP contribution in [0.3, 0.4) is 0 Å². The number of nitrogens with one attached hydrogen (secondary N) is 2. The van der Waals surface area contributed by atoms with E-state index in [1.165, 1.54) is 11.3 Å². The Morgan fingerprint density at radius 1 is 1.29 bits per heavy atom. The van der Waals surface area contributed by atoms with Crippen molar-refractivity contribution in [2.24, 2.45) is 7.05 Å². The molecule has 0 spiro atoms. The monoisotopic (exact) mass is 420 g/mol. The minimum Gasteiger partial charge on any atom is -0.444 e. The standard InChI is InChI=1S/C18H24N6O2S2/c1-18(2,3)13-7-20-14(26-13)10-27-15-8-21-17(28-15)23-16(25)19-6-5-12-9-24(4)11-22-12/h7-9,11H,5-6,10H2,1-4H3,(H2,19,21,23,25). The second-order valence-electron chi connectivity index (χ2n) is 7.30. The molecule has 3 rings (SSSR count). The lowest BCUT2D eigenvalue weighted by Crippen LogP contribution is -2.30. The van der Waals surface area contributed by atoms with Crippen LogP contribution in [0.15, 0.2) is 33.5 Å². The third kappa shape index (κ3) is 5.83. The molecule has 0 bridgehead atoms. The summed E-state index contributed by atoms with van der Waals surface area (Å²) in [6.07, 6.45) is 7.88. The Balaban J connectivity index is 1.42. The maximum absolute atomic E-state index is 12.0. The molecule has 0 aliphatic heterocycles. The Labute approximate surface area is 172 Å². The number of aryl methyl sites for hydroxylation is 1. The average Bonchev–Trinajstić information content (AvgIpc) is 3.34. The fraction of sp³-hybridized carbons (Fsp3) is 0.444. The van der Waals surface area contributed by atoms with Gasteiger partial charge in [-0.2, -0.15) is 0 Å². The molecule has 0 saturated heterocycles. The van der Waals surface area contributed by atoms with Gasteiger partial charge in [0.1, 0.15) is 5.76 Å². The normalized spacial score (nSPS) is 11.6. The molecule has 0 aliphatic carbocycles. The van der Waals surface area contributed by atoms with E-state index in [0.717, 1.165) is 15.7 Å². The van der Waals surface area contributed by atoms with Crippen molar-refractivity contribution in [1.82, 2.24) is 24.8 Å². The fourth-order valence-electron chi connectivity index (χ4n) is 2.28. The van der Waals surface area contributed by atoms with Crippen molar-refractivity contribution >= 4 is 34.3 Å². The molecule has 0 saturated carbocycles. The highest BCUT2D eigenvalue weighted by molar-refractivity contribution is 8.00. The summed E-state index contributed by atoms with van der Waals surface area (Å²) < 4.78 is 8.66. The van der Waals surface area contributed by atoms with Gasteiger partial charge in [0.2, 0.25) is 5.89 Å². The first-order valence-electron chi connectivity index (χ1n) is 8.85. The molecular formula is C18H24N6O2S2. The molecule has 3 heterocycles. The lowest BCUT2D eigenvalue weighted by molar-refractivity contribution is 0.252. The summed E-state index contributed by atoms with van der Waals surface area (Å²) in [6, 6.07) is -0.274. The molecule has 0 atom stereocenters. The van der Waals surface area contributed by atoms with Crippen molar-refractivity contribution in [3.05, 3.63) is 42.3 Å². The average molecular weight is 421 g/mol. The first-order valence-corrected chi connectivity index (χ1v) is 10.7. The second kappa shape index (κ2) is 8.78. The van der Waals surface area contributed by atoms with Crippen molar-refractivity contribution in [3.63, 3.8) is 0 Å². The Bertz CT molecular complexity index is 925. The van der Waals surface area contributed by atoms with E-state index < -0.39 is 0 Å². The predicted octanol–water partition coefficient (Wildman–Crippen LogP) is 3.82. The van der Waals surface area contributed by atoms with E-state index in [-0.39, 0.29) is 11.4 Å². The predicted molar refractivity (Wildman–Crippen MR) is 111 cm³/mol. The zero-order valence-electron chi connectivity index (χ0n) is 16.4. The third-order valence-electron chi connectivity index (χ3n) is 3.76. The van der Waals surface area contributed by atoms with Crippen LogP contribution in [0, 0.1) is 0 Å². The van der Waals surface area contributed by atoms with Crippen LogP contribution in [-0.4, -0.2) is 32.1 Å². The van der Waals surface area contributed by atoms with E-state index in [4.69, 9.17) is 4.42 Å². The molecule has 0 radical (unpaired) electrons. The van der Waals surface area contributed by atoms with Gasteiger partial charge in [-0.3, -0.25) is 5.32 Å². The third-order valence-corrected chi connectivity index (χ3v) is 5.85. The Morgan fingerprint density at radius 3 is 2.79 bits per heavy atom. The van der Waals surface area contributed by atoms with Gasteiger partial charge in [0.15, 0.2) is 5.13 Å². The molecule has 10 heteroatoms. The van der Waals surface area contributed by atoms with Crippen LogP contribution in [0.5, 0.6) is 0 Å².